The normalized spacial score (nSPS) is 16.4. The molecule has 0 unspecified atom stereocenters. The van der Waals surface area contributed by atoms with Crippen molar-refractivity contribution in [3.63, 3.8) is 0 Å². The molecule has 0 spiro atoms. The van der Waals surface area contributed by atoms with Crippen LogP contribution in [0.1, 0.15) is 12.0 Å². The first kappa shape index (κ1) is 12.8. The molecular weight excluding hydrogens is 250 g/mol. The summed E-state index contributed by atoms with van der Waals surface area (Å²) >= 11 is 0. The van der Waals surface area contributed by atoms with Gasteiger partial charge in [-0.1, -0.05) is 12.1 Å². The fourth-order valence-corrected chi connectivity index (χ4v) is 2.74. The Morgan fingerprint density at radius 1 is 1.45 bits per heavy atom. The molecule has 1 N–H and O–H groups in total. The predicted molar refractivity (Wildman–Crippen MR) is 81.8 cm³/mol. The topological polar surface area (TPSA) is 35.6 Å². The number of hydrogen-bond donors (Lipinski definition) is 1. The Hall–Kier alpha value is -2.23. The summed E-state index contributed by atoms with van der Waals surface area (Å²) < 4.78 is 0. The summed E-state index contributed by atoms with van der Waals surface area (Å²) in [6.45, 7) is 1.99. The van der Waals surface area contributed by atoms with Crippen molar-refractivity contribution in [3.8, 4) is 0 Å². The van der Waals surface area contributed by atoms with Crippen molar-refractivity contribution in [2.24, 2.45) is 0 Å². The maximum absolute atomic E-state index is 10.9. The van der Waals surface area contributed by atoms with Gasteiger partial charge in [-0.3, -0.25) is 4.79 Å². The van der Waals surface area contributed by atoms with Crippen molar-refractivity contribution in [3.05, 3.63) is 47.8 Å². The fourth-order valence-electron chi connectivity index (χ4n) is 2.74. The molecule has 2 heterocycles. The Morgan fingerprint density at radius 3 is 3.10 bits per heavy atom. The average Bonchev–Trinajstić information content (AvgIpc) is 2.90. The van der Waals surface area contributed by atoms with E-state index in [2.05, 4.69) is 34.6 Å². The number of rotatable bonds is 4. The monoisotopic (exact) mass is 269 g/mol. The van der Waals surface area contributed by atoms with Gasteiger partial charge in [-0.05, 0) is 42.3 Å². The van der Waals surface area contributed by atoms with Gasteiger partial charge in [-0.15, -0.1) is 0 Å². The molecule has 0 fully saturated rings. The minimum Gasteiger partial charge on any atom is -0.368 e. The second-order valence-electron chi connectivity index (χ2n) is 5.28. The predicted octanol–water partition coefficient (Wildman–Crippen LogP) is 2.03. The van der Waals surface area contributed by atoms with Gasteiger partial charge in [0.05, 0.1) is 0 Å². The number of carbonyl (C=O) groups excluding carboxylic acids is 1. The number of amides is 1. The van der Waals surface area contributed by atoms with Crippen molar-refractivity contribution in [2.75, 3.05) is 29.9 Å². The zero-order valence-electron chi connectivity index (χ0n) is 11.7. The van der Waals surface area contributed by atoms with Crippen LogP contribution in [-0.2, 0) is 11.2 Å². The Morgan fingerprint density at radius 2 is 2.35 bits per heavy atom. The largest absolute Gasteiger partial charge is 0.368 e. The lowest BCUT2D eigenvalue weighted by Gasteiger charge is -2.23. The quantitative estimate of drug-likeness (QED) is 0.850. The third kappa shape index (κ3) is 2.41. The van der Waals surface area contributed by atoms with Crippen molar-refractivity contribution in [1.82, 2.24) is 5.32 Å². The fraction of sp³-hybridized carbons (Fsp3) is 0.312. The summed E-state index contributed by atoms with van der Waals surface area (Å²) in [5.74, 6) is 0. The zero-order chi connectivity index (χ0) is 13.9. The highest BCUT2D eigenvalue weighted by Crippen LogP contribution is 2.32. The van der Waals surface area contributed by atoms with E-state index in [-0.39, 0.29) is 0 Å². The molecular formula is C16H19N3O. The number of benzene rings is 1. The molecule has 0 bridgehead atoms. The second kappa shape index (κ2) is 5.41. The SMILES string of the molecule is CN(C=O)c1ccc2c(c1)N(CC1=CNC=CC1)CC2. The van der Waals surface area contributed by atoms with Gasteiger partial charge >= 0.3 is 0 Å². The standard InChI is InChI=1S/C16H19N3O/c1-18(12-20)15-5-4-14-6-8-19(16(14)9-15)11-13-3-2-7-17-10-13/h2,4-5,7,9-10,12,17H,3,6,8,11H2,1H3. The van der Waals surface area contributed by atoms with Crippen LogP contribution >= 0.6 is 0 Å². The Bertz CT molecular complexity index is 577. The van der Waals surface area contributed by atoms with Gasteiger partial charge < -0.3 is 15.1 Å². The molecule has 4 heteroatoms. The maximum atomic E-state index is 10.9. The lowest BCUT2D eigenvalue weighted by atomic mass is 10.1. The lowest BCUT2D eigenvalue weighted by molar-refractivity contribution is -0.107. The number of dihydropyridines is 1. The van der Waals surface area contributed by atoms with Gasteiger partial charge in [-0.2, -0.15) is 0 Å². The van der Waals surface area contributed by atoms with Crippen LogP contribution in [0, 0.1) is 0 Å². The van der Waals surface area contributed by atoms with E-state index in [0.717, 1.165) is 38.0 Å². The van der Waals surface area contributed by atoms with Gasteiger partial charge in [0.25, 0.3) is 0 Å². The highest BCUT2D eigenvalue weighted by molar-refractivity contribution is 5.77. The molecule has 2 aliphatic rings. The molecule has 3 rings (SSSR count). The number of hydrogen-bond acceptors (Lipinski definition) is 3. The van der Waals surface area contributed by atoms with E-state index in [1.807, 2.05) is 12.3 Å². The van der Waals surface area contributed by atoms with Gasteiger partial charge in [0, 0.05) is 37.7 Å². The van der Waals surface area contributed by atoms with Gasteiger partial charge in [0.1, 0.15) is 0 Å². The molecule has 0 aliphatic carbocycles. The van der Waals surface area contributed by atoms with E-state index in [0.29, 0.717) is 0 Å². The van der Waals surface area contributed by atoms with E-state index in [9.17, 15) is 4.79 Å². The number of allylic oxidation sites excluding steroid dienone is 1. The first-order chi connectivity index (χ1) is 9.78. The van der Waals surface area contributed by atoms with Crippen LogP contribution in [0.4, 0.5) is 11.4 Å². The summed E-state index contributed by atoms with van der Waals surface area (Å²) in [7, 11) is 1.78. The molecule has 0 atom stereocenters. The molecule has 2 aliphatic heterocycles. The second-order valence-corrected chi connectivity index (χ2v) is 5.28. The molecule has 104 valence electrons. The van der Waals surface area contributed by atoms with E-state index in [1.165, 1.54) is 16.8 Å². The van der Waals surface area contributed by atoms with Gasteiger partial charge in [0.15, 0.2) is 0 Å². The number of anilines is 2. The summed E-state index contributed by atoms with van der Waals surface area (Å²) in [5.41, 5.74) is 4.95. The minimum atomic E-state index is 0.847. The molecule has 1 amide bonds. The smallest absolute Gasteiger partial charge is 0.213 e. The number of nitrogens with one attached hydrogen (secondary N) is 1. The van der Waals surface area contributed by atoms with Crippen molar-refractivity contribution < 1.29 is 4.79 Å². The molecule has 1 aromatic carbocycles. The number of nitrogens with zero attached hydrogens (tertiary/aromatic N) is 2. The summed E-state index contributed by atoms with van der Waals surface area (Å²) in [4.78, 5) is 14.9. The Balaban J connectivity index is 1.81. The average molecular weight is 269 g/mol. The molecule has 0 aromatic heterocycles. The number of fused-ring (bicyclic) bond motifs is 1. The van der Waals surface area contributed by atoms with E-state index in [1.54, 1.807) is 11.9 Å². The van der Waals surface area contributed by atoms with E-state index in [4.69, 9.17) is 0 Å². The summed E-state index contributed by atoms with van der Waals surface area (Å²) in [5, 5.41) is 3.15. The third-order valence-corrected chi connectivity index (χ3v) is 3.90. The Kier molecular flexibility index (Phi) is 3.46. The van der Waals surface area contributed by atoms with E-state index < -0.39 is 0 Å². The molecule has 20 heavy (non-hydrogen) atoms. The van der Waals surface area contributed by atoms with Crippen LogP contribution in [0.3, 0.4) is 0 Å². The van der Waals surface area contributed by atoms with Crippen LogP contribution in [0.25, 0.3) is 0 Å². The molecule has 0 saturated carbocycles. The molecule has 1 aromatic rings. The molecule has 0 saturated heterocycles. The highest BCUT2D eigenvalue weighted by atomic mass is 16.1. The Labute approximate surface area is 119 Å². The summed E-state index contributed by atoms with van der Waals surface area (Å²) in [6.07, 6.45) is 9.13. The van der Waals surface area contributed by atoms with Crippen LogP contribution in [0.2, 0.25) is 0 Å². The highest BCUT2D eigenvalue weighted by Gasteiger charge is 2.20. The van der Waals surface area contributed by atoms with Crippen molar-refractivity contribution in [2.45, 2.75) is 12.8 Å². The lowest BCUT2D eigenvalue weighted by Crippen LogP contribution is -2.24. The zero-order valence-corrected chi connectivity index (χ0v) is 11.7. The number of carbonyl (C=O) groups is 1. The van der Waals surface area contributed by atoms with Crippen molar-refractivity contribution in [1.29, 1.82) is 0 Å². The van der Waals surface area contributed by atoms with Gasteiger partial charge in [0.2, 0.25) is 6.41 Å². The minimum absolute atomic E-state index is 0.847. The first-order valence-electron chi connectivity index (χ1n) is 6.93. The van der Waals surface area contributed by atoms with Gasteiger partial charge in [-0.25, -0.2) is 0 Å². The van der Waals surface area contributed by atoms with Crippen LogP contribution in [0.5, 0.6) is 0 Å². The molecule has 4 nitrogen and oxygen atoms in total. The van der Waals surface area contributed by atoms with Crippen molar-refractivity contribution >= 4 is 17.8 Å². The van der Waals surface area contributed by atoms with Crippen LogP contribution in [-0.4, -0.2) is 26.5 Å². The first-order valence-corrected chi connectivity index (χ1v) is 6.93. The molecule has 0 radical (unpaired) electrons. The third-order valence-electron chi connectivity index (χ3n) is 3.90. The maximum Gasteiger partial charge on any atom is 0.213 e. The summed E-state index contributed by atoms with van der Waals surface area (Å²) in [6, 6.07) is 6.27. The van der Waals surface area contributed by atoms with E-state index >= 15 is 0 Å². The van der Waals surface area contributed by atoms with Crippen LogP contribution < -0.4 is 15.1 Å². The van der Waals surface area contributed by atoms with Crippen LogP contribution in [0.15, 0.2) is 42.2 Å².